The molecule has 5 rings (SSSR count). The van der Waals surface area contributed by atoms with Crippen molar-refractivity contribution >= 4 is 35.5 Å². The van der Waals surface area contributed by atoms with E-state index in [1.807, 2.05) is 30.1 Å². The van der Waals surface area contributed by atoms with Crippen LogP contribution in [0.3, 0.4) is 0 Å². The average Bonchev–Trinajstić information content (AvgIpc) is 3.07. The van der Waals surface area contributed by atoms with E-state index in [1.54, 1.807) is 13.2 Å². The first-order valence-electron chi connectivity index (χ1n) is 18.4. The number of methoxy groups -OCH3 is 1. The molecule has 1 aliphatic carbocycles. The van der Waals surface area contributed by atoms with Gasteiger partial charge in [-0.3, -0.25) is 0 Å². The van der Waals surface area contributed by atoms with Gasteiger partial charge in [-0.25, -0.2) is 17.3 Å². The third-order valence-corrected chi connectivity index (χ3v) is 12.7. The van der Waals surface area contributed by atoms with E-state index in [0.29, 0.717) is 23.8 Å². The Balaban J connectivity index is 1.26. The van der Waals surface area contributed by atoms with Crippen LogP contribution in [-0.2, 0) is 0 Å². The van der Waals surface area contributed by atoms with Gasteiger partial charge in [0.2, 0.25) is 0 Å². The summed E-state index contributed by atoms with van der Waals surface area (Å²) < 4.78 is 27.3. The maximum absolute atomic E-state index is 13.9. The molecule has 0 N–H and O–H groups in total. The molecule has 3 unspecified atom stereocenters. The van der Waals surface area contributed by atoms with Crippen LogP contribution in [0, 0.1) is 17.7 Å². The lowest BCUT2D eigenvalue weighted by atomic mass is 9.84. The van der Waals surface area contributed by atoms with Crippen LogP contribution in [0.1, 0.15) is 65.7 Å². The lowest BCUT2D eigenvalue weighted by Crippen LogP contribution is -2.51. The molecule has 0 amide bonds. The summed E-state index contributed by atoms with van der Waals surface area (Å²) in [6.45, 7) is 16.7. The molecular weight excluding hydrogens is 640 g/mol. The van der Waals surface area contributed by atoms with Crippen molar-refractivity contribution in [2.24, 2.45) is 11.8 Å². The van der Waals surface area contributed by atoms with Gasteiger partial charge in [-0.1, -0.05) is 26.2 Å². The summed E-state index contributed by atoms with van der Waals surface area (Å²) in [4.78, 5) is 8.71. The summed E-state index contributed by atoms with van der Waals surface area (Å²) in [5, 5.41) is 0. The standard InChI is InChI=1S/C38H61FN6OS2/c1-30-27-42(47-36-17-15-35(16-18-36)40(4)5)22-10-20-41(32(3)33-12-8-7-9-13-33)21-11-23-43(28-30)48-44-24-25-45(31(2)29-44)37-19-14-34(39)26-38(37)46-6/h14-19,26,30-33H,7-13,20-25,27-29H2,1-6H3. The van der Waals surface area contributed by atoms with Crippen molar-refractivity contribution in [3.8, 4) is 5.75 Å². The number of rotatable bonds is 9. The Labute approximate surface area is 299 Å². The highest BCUT2D eigenvalue weighted by atomic mass is 32.2. The molecule has 2 saturated heterocycles. The van der Waals surface area contributed by atoms with Gasteiger partial charge in [0.15, 0.2) is 0 Å². The molecule has 0 radical (unpaired) electrons. The second kappa shape index (κ2) is 18.5. The van der Waals surface area contributed by atoms with E-state index >= 15 is 0 Å². The fourth-order valence-electron chi connectivity index (χ4n) is 7.79. The molecular formula is C38H61FN6OS2. The molecule has 48 heavy (non-hydrogen) atoms. The molecule has 7 nitrogen and oxygen atoms in total. The highest BCUT2D eigenvalue weighted by molar-refractivity contribution is 7.97. The third kappa shape index (κ3) is 10.7. The fraction of sp³-hybridized carbons (Fsp3) is 0.684. The maximum atomic E-state index is 13.9. The van der Waals surface area contributed by atoms with Crippen LogP contribution in [0.2, 0.25) is 0 Å². The van der Waals surface area contributed by atoms with Crippen molar-refractivity contribution in [2.45, 2.75) is 82.7 Å². The van der Waals surface area contributed by atoms with Crippen molar-refractivity contribution in [1.29, 1.82) is 0 Å². The summed E-state index contributed by atoms with van der Waals surface area (Å²) in [6, 6.07) is 14.9. The van der Waals surface area contributed by atoms with Crippen LogP contribution in [0.5, 0.6) is 5.75 Å². The highest BCUT2D eigenvalue weighted by Crippen LogP contribution is 2.34. The molecule has 3 atom stereocenters. The lowest BCUT2D eigenvalue weighted by molar-refractivity contribution is 0.120. The molecule has 2 aromatic rings. The average molecular weight is 701 g/mol. The zero-order chi connectivity index (χ0) is 34.0. The molecule has 0 spiro atoms. The Hall–Kier alpha value is -1.69. The Morgan fingerprint density at radius 1 is 0.792 bits per heavy atom. The van der Waals surface area contributed by atoms with Gasteiger partial charge in [0.1, 0.15) is 11.6 Å². The van der Waals surface area contributed by atoms with Gasteiger partial charge in [-0.2, -0.15) is 0 Å². The van der Waals surface area contributed by atoms with E-state index in [0.717, 1.165) is 57.4 Å². The van der Waals surface area contributed by atoms with E-state index < -0.39 is 0 Å². The lowest BCUT2D eigenvalue weighted by Gasteiger charge is -2.43. The Morgan fingerprint density at radius 2 is 1.46 bits per heavy atom. The summed E-state index contributed by atoms with van der Waals surface area (Å²) in [5.41, 5.74) is 2.23. The first kappa shape index (κ1) is 37.6. The summed E-state index contributed by atoms with van der Waals surface area (Å²) in [7, 11) is 5.84. The van der Waals surface area contributed by atoms with Crippen molar-refractivity contribution < 1.29 is 9.13 Å². The van der Waals surface area contributed by atoms with Crippen LogP contribution < -0.4 is 14.5 Å². The number of piperazine rings is 1. The molecule has 3 fully saturated rings. The minimum absolute atomic E-state index is 0.257. The number of nitrogens with zero attached hydrogens (tertiary/aromatic N) is 6. The zero-order valence-electron chi connectivity index (χ0n) is 30.5. The van der Waals surface area contributed by atoms with Crippen LogP contribution in [0.4, 0.5) is 15.8 Å². The zero-order valence-corrected chi connectivity index (χ0v) is 32.1. The molecule has 2 aromatic carbocycles. The number of hydrogen-bond donors (Lipinski definition) is 0. The normalized spacial score (nSPS) is 24.5. The first-order chi connectivity index (χ1) is 23.2. The number of halogens is 1. The van der Waals surface area contributed by atoms with Crippen LogP contribution in [0.15, 0.2) is 47.4 Å². The van der Waals surface area contributed by atoms with Crippen molar-refractivity contribution in [2.75, 3.05) is 89.9 Å². The number of benzene rings is 2. The second-order valence-corrected chi connectivity index (χ2v) is 16.9. The predicted molar refractivity (Wildman–Crippen MR) is 205 cm³/mol. The van der Waals surface area contributed by atoms with E-state index in [2.05, 4.69) is 86.7 Å². The summed E-state index contributed by atoms with van der Waals surface area (Å²) in [5.74, 6) is 1.75. The van der Waals surface area contributed by atoms with Gasteiger partial charge in [0, 0.05) is 101 Å². The topological polar surface area (TPSA) is 28.7 Å². The van der Waals surface area contributed by atoms with E-state index in [-0.39, 0.29) is 5.82 Å². The Morgan fingerprint density at radius 3 is 2.12 bits per heavy atom. The molecule has 2 aliphatic heterocycles. The monoisotopic (exact) mass is 700 g/mol. The van der Waals surface area contributed by atoms with E-state index in [1.165, 1.54) is 74.7 Å². The molecule has 10 heteroatoms. The Kier molecular flexibility index (Phi) is 14.5. The smallest absolute Gasteiger partial charge is 0.145 e. The maximum Gasteiger partial charge on any atom is 0.145 e. The van der Waals surface area contributed by atoms with Gasteiger partial charge in [0.25, 0.3) is 0 Å². The van der Waals surface area contributed by atoms with Gasteiger partial charge < -0.3 is 19.4 Å². The largest absolute Gasteiger partial charge is 0.494 e. The molecule has 268 valence electrons. The number of ether oxygens (including phenoxy) is 1. The van der Waals surface area contributed by atoms with Gasteiger partial charge in [-0.05, 0) is 113 Å². The fourth-order valence-corrected chi connectivity index (χ4v) is 10.2. The molecule has 1 saturated carbocycles. The molecule has 2 heterocycles. The third-order valence-electron chi connectivity index (χ3n) is 10.5. The predicted octanol–water partition coefficient (Wildman–Crippen LogP) is 7.99. The highest BCUT2D eigenvalue weighted by Gasteiger charge is 2.30. The van der Waals surface area contributed by atoms with Gasteiger partial charge in [0.05, 0.1) is 12.8 Å². The van der Waals surface area contributed by atoms with Gasteiger partial charge in [-0.15, -0.1) is 0 Å². The second-order valence-electron chi connectivity index (χ2n) is 14.6. The molecule has 0 aromatic heterocycles. The van der Waals surface area contributed by atoms with Gasteiger partial charge >= 0.3 is 0 Å². The number of hydrogen-bond acceptors (Lipinski definition) is 9. The SMILES string of the molecule is COc1cc(F)ccc1N1CCN(SN2CCCN(C(C)C3CCCCC3)CCCN(Sc3ccc(N(C)C)cc3)CC(C)C2)CC1C. The van der Waals surface area contributed by atoms with Crippen molar-refractivity contribution in [3.05, 3.63) is 48.3 Å². The Bertz CT molecular complexity index is 1250. The minimum atomic E-state index is -0.257. The van der Waals surface area contributed by atoms with E-state index in [9.17, 15) is 4.39 Å². The van der Waals surface area contributed by atoms with Crippen molar-refractivity contribution in [3.63, 3.8) is 0 Å². The summed E-state index contributed by atoms with van der Waals surface area (Å²) >= 11 is 3.89. The van der Waals surface area contributed by atoms with Crippen molar-refractivity contribution in [1.82, 2.24) is 17.8 Å². The van der Waals surface area contributed by atoms with Crippen LogP contribution in [0.25, 0.3) is 0 Å². The molecule has 3 aliphatic rings. The molecule has 0 bridgehead atoms. The first-order valence-corrected chi connectivity index (χ1v) is 19.9. The summed E-state index contributed by atoms with van der Waals surface area (Å²) in [6.07, 6.45) is 9.44. The van der Waals surface area contributed by atoms with Crippen LogP contribution >= 0.6 is 24.1 Å². The minimum Gasteiger partial charge on any atom is -0.494 e. The van der Waals surface area contributed by atoms with E-state index in [4.69, 9.17) is 4.74 Å². The van der Waals surface area contributed by atoms with Crippen LogP contribution in [-0.4, -0.2) is 110 Å². The number of anilines is 2. The quantitative estimate of drug-likeness (QED) is 0.242.